The van der Waals surface area contributed by atoms with Crippen LogP contribution in [0.25, 0.3) is 0 Å². The Bertz CT molecular complexity index is 465. The van der Waals surface area contributed by atoms with Crippen LogP contribution in [0.2, 0.25) is 0 Å². The molecule has 4 heteroatoms. The van der Waals surface area contributed by atoms with E-state index in [1.807, 2.05) is 30.3 Å². The number of halogens is 1. The second-order valence-electron chi connectivity index (χ2n) is 4.00. The first-order chi connectivity index (χ1) is 8.31. The fraction of sp³-hybridized carbons (Fsp3) is 0.308. The van der Waals surface area contributed by atoms with Gasteiger partial charge in [0.15, 0.2) is 0 Å². The van der Waals surface area contributed by atoms with Gasteiger partial charge in [0.1, 0.15) is 0 Å². The lowest BCUT2D eigenvalue weighted by Crippen LogP contribution is -2.06. The van der Waals surface area contributed by atoms with Crippen LogP contribution in [0.4, 0.5) is 4.39 Å². The number of nitrogens with two attached hydrogens (primary N) is 1. The van der Waals surface area contributed by atoms with E-state index < -0.39 is 0 Å². The summed E-state index contributed by atoms with van der Waals surface area (Å²) < 4.78 is 15.3. The van der Waals surface area contributed by atoms with E-state index in [9.17, 15) is 4.39 Å². The van der Waals surface area contributed by atoms with Gasteiger partial charge in [-0.25, -0.2) is 4.68 Å². The molecule has 1 aromatic carbocycles. The molecule has 17 heavy (non-hydrogen) atoms. The third kappa shape index (κ3) is 2.91. The molecule has 1 aromatic heterocycles. The Morgan fingerprint density at radius 2 is 2.00 bits per heavy atom. The monoisotopic (exact) mass is 233 g/mol. The molecule has 0 aliphatic rings. The molecule has 0 unspecified atom stereocenters. The molecule has 0 aliphatic carbocycles. The van der Waals surface area contributed by atoms with E-state index in [1.165, 1.54) is 4.68 Å². The second kappa shape index (κ2) is 5.59. The van der Waals surface area contributed by atoms with Crippen LogP contribution in [0, 0.1) is 5.95 Å². The predicted octanol–water partition coefficient (Wildman–Crippen LogP) is 1.96. The molecular weight excluding hydrogens is 217 g/mol. The van der Waals surface area contributed by atoms with Crippen molar-refractivity contribution >= 4 is 0 Å². The van der Waals surface area contributed by atoms with Gasteiger partial charge in [0, 0.05) is 5.56 Å². The summed E-state index contributed by atoms with van der Waals surface area (Å²) in [6, 6.07) is 9.73. The average molecular weight is 233 g/mol. The molecule has 1 heterocycles. The van der Waals surface area contributed by atoms with Gasteiger partial charge in [0.05, 0.1) is 12.7 Å². The molecule has 2 aromatic rings. The van der Waals surface area contributed by atoms with E-state index in [4.69, 9.17) is 5.73 Å². The lowest BCUT2D eigenvalue weighted by atomic mass is 10.2. The fourth-order valence-electron chi connectivity index (χ4n) is 1.74. The maximum absolute atomic E-state index is 13.9. The average Bonchev–Trinajstić information content (AvgIpc) is 2.70. The number of benzene rings is 1. The summed E-state index contributed by atoms with van der Waals surface area (Å²) in [6.45, 7) is 1.04. The topological polar surface area (TPSA) is 43.8 Å². The molecule has 0 aliphatic heterocycles. The summed E-state index contributed by atoms with van der Waals surface area (Å²) >= 11 is 0. The van der Waals surface area contributed by atoms with Crippen molar-refractivity contribution in [1.82, 2.24) is 9.78 Å². The van der Waals surface area contributed by atoms with E-state index in [-0.39, 0.29) is 5.95 Å². The highest BCUT2D eigenvalue weighted by atomic mass is 19.1. The Balaban J connectivity index is 2.09. The molecule has 90 valence electrons. The summed E-state index contributed by atoms with van der Waals surface area (Å²) in [6.07, 6.45) is 3.03. The molecule has 2 N–H and O–H groups in total. The van der Waals surface area contributed by atoms with Crippen molar-refractivity contribution in [3.8, 4) is 0 Å². The molecule has 3 nitrogen and oxygen atoms in total. The SMILES string of the molecule is NCCCc1cnn(Cc2ccccc2)c1F. The van der Waals surface area contributed by atoms with Crippen LogP contribution in [0.3, 0.4) is 0 Å². The number of hydrogen-bond donors (Lipinski definition) is 1. The van der Waals surface area contributed by atoms with E-state index in [0.29, 0.717) is 25.1 Å². The van der Waals surface area contributed by atoms with Crippen LogP contribution in [0.5, 0.6) is 0 Å². The Labute approximate surface area is 100 Å². The Morgan fingerprint density at radius 3 is 2.71 bits per heavy atom. The molecule has 0 spiro atoms. The first-order valence-corrected chi connectivity index (χ1v) is 5.75. The van der Waals surface area contributed by atoms with Crippen molar-refractivity contribution < 1.29 is 4.39 Å². The Kier molecular flexibility index (Phi) is 3.88. The van der Waals surface area contributed by atoms with Crippen molar-refractivity contribution in [2.45, 2.75) is 19.4 Å². The number of aromatic nitrogens is 2. The van der Waals surface area contributed by atoms with Crippen LogP contribution in [0.15, 0.2) is 36.5 Å². The molecular formula is C13H16FN3. The highest BCUT2D eigenvalue weighted by molar-refractivity contribution is 5.16. The van der Waals surface area contributed by atoms with Crippen molar-refractivity contribution in [1.29, 1.82) is 0 Å². The van der Waals surface area contributed by atoms with Crippen LogP contribution in [-0.4, -0.2) is 16.3 Å². The zero-order valence-corrected chi connectivity index (χ0v) is 9.64. The van der Waals surface area contributed by atoms with Gasteiger partial charge in [0.25, 0.3) is 0 Å². The molecule has 0 radical (unpaired) electrons. The lowest BCUT2D eigenvalue weighted by Gasteiger charge is -2.02. The molecule has 0 bridgehead atoms. The van der Waals surface area contributed by atoms with Crippen molar-refractivity contribution in [2.75, 3.05) is 6.54 Å². The summed E-state index contributed by atoms with van der Waals surface area (Å²) in [7, 11) is 0. The number of rotatable bonds is 5. The minimum absolute atomic E-state index is 0.248. The largest absolute Gasteiger partial charge is 0.330 e. The fourth-order valence-corrected chi connectivity index (χ4v) is 1.74. The van der Waals surface area contributed by atoms with E-state index in [2.05, 4.69) is 5.10 Å². The normalized spacial score (nSPS) is 10.7. The van der Waals surface area contributed by atoms with Gasteiger partial charge >= 0.3 is 0 Å². The second-order valence-corrected chi connectivity index (χ2v) is 4.00. The van der Waals surface area contributed by atoms with Gasteiger partial charge in [-0.3, -0.25) is 0 Å². The van der Waals surface area contributed by atoms with Crippen LogP contribution in [0.1, 0.15) is 17.5 Å². The van der Waals surface area contributed by atoms with Gasteiger partial charge in [-0.1, -0.05) is 30.3 Å². The predicted molar refractivity (Wildman–Crippen MR) is 65.1 cm³/mol. The molecule has 0 saturated carbocycles. The first kappa shape index (κ1) is 11.8. The molecule has 0 amide bonds. The van der Waals surface area contributed by atoms with Gasteiger partial charge < -0.3 is 5.73 Å². The molecule has 0 fully saturated rings. The minimum Gasteiger partial charge on any atom is -0.330 e. The zero-order valence-electron chi connectivity index (χ0n) is 9.64. The maximum atomic E-state index is 13.9. The van der Waals surface area contributed by atoms with E-state index >= 15 is 0 Å². The third-order valence-electron chi connectivity index (χ3n) is 2.67. The maximum Gasteiger partial charge on any atom is 0.214 e. The Morgan fingerprint density at radius 1 is 1.24 bits per heavy atom. The number of aryl methyl sites for hydroxylation is 1. The van der Waals surface area contributed by atoms with E-state index in [1.54, 1.807) is 6.20 Å². The van der Waals surface area contributed by atoms with Crippen molar-refractivity contribution in [3.05, 3.63) is 53.6 Å². The van der Waals surface area contributed by atoms with Crippen LogP contribution in [-0.2, 0) is 13.0 Å². The van der Waals surface area contributed by atoms with Gasteiger partial charge in [-0.15, -0.1) is 0 Å². The molecule has 0 saturated heterocycles. The number of hydrogen-bond acceptors (Lipinski definition) is 2. The summed E-state index contributed by atoms with van der Waals surface area (Å²) in [5, 5.41) is 4.06. The smallest absolute Gasteiger partial charge is 0.214 e. The lowest BCUT2D eigenvalue weighted by molar-refractivity contribution is 0.472. The summed E-state index contributed by atoms with van der Waals surface area (Å²) in [5.74, 6) is -0.248. The minimum atomic E-state index is -0.248. The van der Waals surface area contributed by atoms with Crippen molar-refractivity contribution in [2.24, 2.45) is 5.73 Å². The Hall–Kier alpha value is -1.68. The van der Waals surface area contributed by atoms with Crippen LogP contribution < -0.4 is 5.73 Å². The van der Waals surface area contributed by atoms with Crippen LogP contribution >= 0.6 is 0 Å². The van der Waals surface area contributed by atoms with Crippen molar-refractivity contribution in [3.63, 3.8) is 0 Å². The highest BCUT2D eigenvalue weighted by Crippen LogP contribution is 2.11. The first-order valence-electron chi connectivity index (χ1n) is 5.75. The van der Waals surface area contributed by atoms with Gasteiger partial charge in [0.2, 0.25) is 5.95 Å². The number of nitrogens with zero attached hydrogens (tertiary/aromatic N) is 2. The van der Waals surface area contributed by atoms with Gasteiger partial charge in [-0.05, 0) is 24.9 Å². The molecule has 2 rings (SSSR count). The zero-order chi connectivity index (χ0) is 12.1. The highest BCUT2D eigenvalue weighted by Gasteiger charge is 2.09. The standard InChI is InChI=1S/C13H16FN3/c14-13-12(7-4-8-15)9-16-17(13)10-11-5-2-1-3-6-11/h1-3,5-6,9H,4,7-8,10,15H2. The summed E-state index contributed by atoms with van der Waals surface area (Å²) in [5.41, 5.74) is 7.09. The van der Waals surface area contributed by atoms with E-state index in [0.717, 1.165) is 12.0 Å². The molecule has 0 atom stereocenters. The summed E-state index contributed by atoms with van der Waals surface area (Å²) in [4.78, 5) is 0. The third-order valence-corrected chi connectivity index (χ3v) is 2.67. The van der Waals surface area contributed by atoms with Gasteiger partial charge in [-0.2, -0.15) is 9.49 Å². The quantitative estimate of drug-likeness (QED) is 0.858.